The predicted octanol–water partition coefficient (Wildman–Crippen LogP) is 3.64. The number of esters is 2. The van der Waals surface area contributed by atoms with E-state index >= 15 is 0 Å². The number of hydrogen-bond acceptors (Lipinski definition) is 11. The van der Waals surface area contributed by atoms with Crippen LogP contribution in [0.3, 0.4) is 0 Å². The molecule has 2 aromatic rings. The number of nitrogens with zero attached hydrogens (tertiary/aromatic N) is 3. The lowest BCUT2D eigenvalue weighted by Gasteiger charge is -2.34. The van der Waals surface area contributed by atoms with Gasteiger partial charge in [0.1, 0.15) is 6.61 Å². The van der Waals surface area contributed by atoms with E-state index in [2.05, 4.69) is 15.1 Å². The van der Waals surface area contributed by atoms with Gasteiger partial charge < -0.3 is 29.2 Å². The van der Waals surface area contributed by atoms with Crippen molar-refractivity contribution in [2.75, 3.05) is 66.7 Å². The van der Waals surface area contributed by atoms with Crippen LogP contribution < -0.4 is 14.8 Å². The van der Waals surface area contributed by atoms with E-state index in [0.29, 0.717) is 30.0 Å². The first-order valence-electron chi connectivity index (χ1n) is 14.6. The molecule has 0 spiro atoms. The Kier molecular flexibility index (Phi) is 11.3. The number of allylic oxidation sites excluding steroid dienone is 2. The van der Waals surface area contributed by atoms with Gasteiger partial charge >= 0.3 is 11.9 Å². The first-order valence-corrected chi connectivity index (χ1v) is 14.6. The largest absolute Gasteiger partial charge is 0.493 e. The normalized spacial score (nSPS) is 17.6. The molecule has 0 radical (unpaired) electrons. The van der Waals surface area contributed by atoms with Gasteiger partial charge in [0, 0.05) is 62.8 Å². The summed E-state index contributed by atoms with van der Waals surface area (Å²) in [4.78, 5) is 41.9. The Bertz CT molecular complexity index is 1410. The Morgan fingerprint density at radius 3 is 2.16 bits per heavy atom. The first-order chi connectivity index (χ1) is 21.2. The molecule has 1 fully saturated rings. The number of nitrogens with one attached hydrogen (secondary N) is 1. The minimum Gasteiger partial charge on any atom is -0.493 e. The van der Waals surface area contributed by atoms with Crippen LogP contribution in [0.2, 0.25) is 0 Å². The lowest BCUT2D eigenvalue weighted by atomic mass is 9.80. The van der Waals surface area contributed by atoms with Crippen LogP contribution >= 0.6 is 0 Å². The molecule has 0 aromatic heterocycles. The Balaban J connectivity index is 1.29. The molecule has 4 rings (SSSR count). The summed E-state index contributed by atoms with van der Waals surface area (Å²) in [6, 6.07) is 13.5. The van der Waals surface area contributed by atoms with E-state index in [-0.39, 0.29) is 23.4 Å². The van der Waals surface area contributed by atoms with E-state index in [1.54, 1.807) is 27.0 Å². The summed E-state index contributed by atoms with van der Waals surface area (Å²) >= 11 is 0. The summed E-state index contributed by atoms with van der Waals surface area (Å²) in [7, 11) is 2.89. The summed E-state index contributed by atoms with van der Waals surface area (Å²) in [5.41, 5.74) is 1.74. The van der Waals surface area contributed by atoms with Crippen molar-refractivity contribution in [2.45, 2.75) is 26.2 Å². The Hall–Kier alpha value is -4.42. The van der Waals surface area contributed by atoms with Crippen molar-refractivity contribution in [3.05, 3.63) is 86.7 Å². The third kappa shape index (κ3) is 7.94. The van der Waals surface area contributed by atoms with Crippen LogP contribution in [-0.4, -0.2) is 93.4 Å². The fourth-order valence-corrected chi connectivity index (χ4v) is 5.59. The molecule has 2 aliphatic heterocycles. The van der Waals surface area contributed by atoms with Gasteiger partial charge in [0.2, 0.25) is 0 Å². The molecule has 44 heavy (non-hydrogen) atoms. The van der Waals surface area contributed by atoms with Gasteiger partial charge in [0.25, 0.3) is 5.69 Å². The number of carbonyl (C=O) groups excluding carboxylic acids is 2. The topological polar surface area (TPSA) is 133 Å². The number of methoxy groups -OCH3 is 2. The molecule has 2 heterocycles. The van der Waals surface area contributed by atoms with E-state index in [1.807, 2.05) is 24.3 Å². The lowest BCUT2D eigenvalue weighted by Crippen LogP contribution is -2.47. The highest BCUT2D eigenvalue weighted by Crippen LogP contribution is 2.40. The molecule has 0 saturated carbocycles. The molecule has 1 saturated heterocycles. The van der Waals surface area contributed by atoms with Crippen molar-refractivity contribution in [3.8, 4) is 11.5 Å². The SMILES string of the molecule is COC(=O)C1=C(C)NC(C)=C(C(=O)OCCCN2CCN(CCOc3ccccc3OC)CC2)C1c1cccc([N+](=O)[O-])c1. The summed E-state index contributed by atoms with van der Waals surface area (Å²) in [5, 5.41) is 14.5. The molecule has 1 N–H and O–H groups in total. The van der Waals surface area contributed by atoms with Crippen molar-refractivity contribution in [1.82, 2.24) is 15.1 Å². The molecule has 12 heteroatoms. The second kappa shape index (κ2) is 15.3. The van der Waals surface area contributed by atoms with Crippen molar-refractivity contribution < 1.29 is 33.5 Å². The van der Waals surface area contributed by atoms with Crippen molar-refractivity contribution in [2.24, 2.45) is 0 Å². The van der Waals surface area contributed by atoms with Gasteiger partial charge in [-0.15, -0.1) is 0 Å². The smallest absolute Gasteiger partial charge is 0.336 e. The minimum atomic E-state index is -0.879. The molecule has 0 amide bonds. The molecular weight excluding hydrogens is 568 g/mol. The van der Waals surface area contributed by atoms with Gasteiger partial charge in [-0.25, -0.2) is 9.59 Å². The fourth-order valence-electron chi connectivity index (χ4n) is 5.59. The molecule has 2 aromatic carbocycles. The number of dihydropyridines is 1. The number of nitro benzene ring substituents is 1. The summed E-state index contributed by atoms with van der Waals surface area (Å²) < 4.78 is 22.0. The van der Waals surface area contributed by atoms with Crippen LogP contribution in [0.25, 0.3) is 0 Å². The van der Waals surface area contributed by atoms with Gasteiger partial charge in [-0.05, 0) is 38.0 Å². The second-order valence-electron chi connectivity index (χ2n) is 10.7. The van der Waals surface area contributed by atoms with Crippen molar-refractivity contribution in [3.63, 3.8) is 0 Å². The predicted molar refractivity (Wildman–Crippen MR) is 163 cm³/mol. The lowest BCUT2D eigenvalue weighted by molar-refractivity contribution is -0.384. The number of rotatable bonds is 13. The standard InChI is InChI=1S/C32H40N4O8/c1-22-28(31(37)42-4)30(24-9-7-10-25(21-24)36(39)40)29(23(2)33-22)32(38)44-19-8-13-34-14-16-35(17-15-34)18-20-43-27-12-6-5-11-26(27)41-3/h5-7,9-12,21,30,33H,8,13-20H2,1-4H3. The number of carbonyl (C=O) groups is 2. The third-order valence-electron chi connectivity index (χ3n) is 7.85. The zero-order chi connectivity index (χ0) is 31.6. The maximum Gasteiger partial charge on any atom is 0.336 e. The van der Waals surface area contributed by atoms with Gasteiger partial charge in [0.15, 0.2) is 11.5 Å². The first kappa shape index (κ1) is 32.5. The van der Waals surface area contributed by atoms with Gasteiger partial charge in [-0.3, -0.25) is 15.0 Å². The van der Waals surface area contributed by atoms with Crippen LogP contribution in [0.4, 0.5) is 5.69 Å². The summed E-state index contributed by atoms with van der Waals surface area (Å²) in [6.45, 7) is 9.42. The molecule has 1 atom stereocenters. The maximum absolute atomic E-state index is 13.4. The molecule has 12 nitrogen and oxygen atoms in total. The average Bonchev–Trinajstić information content (AvgIpc) is 3.03. The monoisotopic (exact) mass is 608 g/mol. The van der Waals surface area contributed by atoms with E-state index in [9.17, 15) is 19.7 Å². The number of para-hydroxylation sites is 2. The number of benzene rings is 2. The third-order valence-corrected chi connectivity index (χ3v) is 7.85. The Morgan fingerprint density at radius 2 is 1.52 bits per heavy atom. The average molecular weight is 609 g/mol. The van der Waals surface area contributed by atoms with Crippen molar-refractivity contribution >= 4 is 17.6 Å². The fraction of sp³-hybridized carbons (Fsp3) is 0.438. The number of nitro groups is 1. The molecule has 2 aliphatic rings. The zero-order valence-corrected chi connectivity index (χ0v) is 25.7. The zero-order valence-electron chi connectivity index (χ0n) is 25.7. The van der Waals surface area contributed by atoms with Crippen LogP contribution in [-0.2, 0) is 19.1 Å². The molecule has 1 unspecified atom stereocenters. The highest BCUT2D eigenvalue weighted by Gasteiger charge is 2.38. The van der Waals surface area contributed by atoms with Crippen LogP contribution in [0.15, 0.2) is 71.1 Å². The summed E-state index contributed by atoms with van der Waals surface area (Å²) in [6.07, 6.45) is 0.641. The van der Waals surface area contributed by atoms with E-state index < -0.39 is 22.8 Å². The quantitative estimate of drug-likeness (QED) is 0.155. The van der Waals surface area contributed by atoms with E-state index in [0.717, 1.165) is 50.8 Å². The van der Waals surface area contributed by atoms with Gasteiger partial charge in [0.05, 0.1) is 42.8 Å². The van der Waals surface area contributed by atoms with Gasteiger partial charge in [-0.2, -0.15) is 0 Å². The number of hydrogen-bond donors (Lipinski definition) is 1. The molecule has 0 aliphatic carbocycles. The van der Waals surface area contributed by atoms with Gasteiger partial charge in [-0.1, -0.05) is 24.3 Å². The number of ether oxygens (including phenoxy) is 4. The van der Waals surface area contributed by atoms with Crippen molar-refractivity contribution in [1.29, 1.82) is 0 Å². The second-order valence-corrected chi connectivity index (χ2v) is 10.7. The Labute approximate surface area is 257 Å². The van der Waals surface area contributed by atoms with Crippen LogP contribution in [0.5, 0.6) is 11.5 Å². The minimum absolute atomic E-state index is 0.141. The molecular formula is C32H40N4O8. The number of non-ortho nitro benzene ring substituents is 1. The maximum atomic E-state index is 13.4. The Morgan fingerprint density at radius 1 is 0.886 bits per heavy atom. The van der Waals surface area contributed by atoms with Crippen LogP contribution in [0.1, 0.15) is 31.7 Å². The van der Waals surface area contributed by atoms with Crippen LogP contribution in [0, 0.1) is 10.1 Å². The van der Waals surface area contributed by atoms with E-state index in [1.165, 1.54) is 25.3 Å². The molecule has 0 bridgehead atoms. The molecule has 236 valence electrons. The highest BCUT2D eigenvalue weighted by molar-refractivity contribution is 5.99. The highest BCUT2D eigenvalue weighted by atomic mass is 16.6. The number of piperazine rings is 1. The summed E-state index contributed by atoms with van der Waals surface area (Å²) in [5.74, 6) is -0.632. The van der Waals surface area contributed by atoms with E-state index in [4.69, 9.17) is 18.9 Å².